The highest BCUT2D eigenvalue weighted by atomic mass is 35.5. The third kappa shape index (κ3) is 5.67. The number of fused-ring (bicyclic) bond motifs is 1. The highest BCUT2D eigenvalue weighted by Gasteiger charge is 2.33. The lowest BCUT2D eigenvalue weighted by Gasteiger charge is -2.25. The quantitative estimate of drug-likeness (QED) is 0.229. The molecule has 45 heavy (non-hydrogen) atoms. The summed E-state index contributed by atoms with van der Waals surface area (Å²) in [6.45, 7) is 9.87. The van der Waals surface area contributed by atoms with Crippen LogP contribution in [0.3, 0.4) is 0 Å². The second-order valence-corrected chi connectivity index (χ2v) is 12.7. The molecule has 0 radical (unpaired) electrons. The zero-order valence-electron chi connectivity index (χ0n) is 25.9. The van der Waals surface area contributed by atoms with E-state index in [4.69, 9.17) is 21.3 Å². The van der Waals surface area contributed by atoms with E-state index in [1.165, 1.54) is 11.3 Å². The van der Waals surface area contributed by atoms with Gasteiger partial charge in [-0.25, -0.2) is 4.99 Å². The summed E-state index contributed by atoms with van der Waals surface area (Å²) in [5.74, 6) is 0.383. The van der Waals surface area contributed by atoms with E-state index in [0.717, 1.165) is 39.3 Å². The number of carbonyl (C=O) groups is 1. The largest absolute Gasteiger partial charge is 0.497 e. The Balaban J connectivity index is 1.48. The van der Waals surface area contributed by atoms with Crippen LogP contribution in [0, 0.1) is 27.7 Å². The van der Waals surface area contributed by atoms with Gasteiger partial charge in [0.1, 0.15) is 5.75 Å². The van der Waals surface area contributed by atoms with Gasteiger partial charge in [0, 0.05) is 27.8 Å². The lowest BCUT2D eigenvalue weighted by atomic mass is 9.95. The molecule has 3 aromatic carbocycles. The van der Waals surface area contributed by atoms with Gasteiger partial charge in [-0.05, 0) is 106 Å². The molecule has 5 aromatic rings. The zero-order chi connectivity index (χ0) is 32.0. The van der Waals surface area contributed by atoms with Gasteiger partial charge >= 0.3 is 0 Å². The SMILES string of the molecule is COc1ccc([C@@H]2C(C(=O)Nc3ccc(C)cc3C)=C(C)N=c3s/c(=C\c4cc(C)n(-c5ccc(Cl)cc5)c4C)c(=O)n32)cc1. The van der Waals surface area contributed by atoms with Crippen molar-refractivity contribution in [3.63, 3.8) is 0 Å². The third-order valence-electron chi connectivity index (χ3n) is 8.17. The molecule has 0 saturated heterocycles. The molecule has 1 atom stereocenters. The Morgan fingerprint density at radius 2 is 1.69 bits per heavy atom. The number of nitrogens with zero attached hydrogens (tertiary/aromatic N) is 3. The first-order chi connectivity index (χ1) is 21.5. The number of allylic oxidation sites excluding steroid dienone is 1. The lowest BCUT2D eigenvalue weighted by Crippen LogP contribution is -2.40. The molecule has 1 N–H and O–H groups in total. The zero-order valence-corrected chi connectivity index (χ0v) is 27.5. The Kier molecular flexibility index (Phi) is 8.12. The van der Waals surface area contributed by atoms with E-state index in [1.54, 1.807) is 11.7 Å². The molecule has 0 unspecified atom stereocenters. The van der Waals surface area contributed by atoms with Gasteiger partial charge < -0.3 is 14.6 Å². The van der Waals surface area contributed by atoms with Crippen LogP contribution in [-0.4, -0.2) is 22.2 Å². The number of rotatable bonds is 6. The highest BCUT2D eigenvalue weighted by Crippen LogP contribution is 2.32. The number of anilines is 1. The predicted molar refractivity (Wildman–Crippen MR) is 182 cm³/mol. The molecule has 0 fully saturated rings. The van der Waals surface area contributed by atoms with Gasteiger partial charge in [-0.3, -0.25) is 14.2 Å². The van der Waals surface area contributed by atoms with E-state index in [0.29, 0.717) is 37.1 Å². The van der Waals surface area contributed by atoms with Gasteiger partial charge in [-0.2, -0.15) is 0 Å². The van der Waals surface area contributed by atoms with Crippen molar-refractivity contribution in [2.24, 2.45) is 4.99 Å². The van der Waals surface area contributed by atoms with Gasteiger partial charge in [-0.15, -0.1) is 0 Å². The van der Waals surface area contributed by atoms with E-state index in [1.807, 2.05) is 107 Å². The lowest BCUT2D eigenvalue weighted by molar-refractivity contribution is -0.113. The minimum absolute atomic E-state index is 0.208. The van der Waals surface area contributed by atoms with Crippen LogP contribution in [0.15, 0.2) is 93.9 Å². The van der Waals surface area contributed by atoms with Crippen molar-refractivity contribution in [1.29, 1.82) is 0 Å². The molecule has 228 valence electrons. The molecule has 2 aromatic heterocycles. The molecule has 0 saturated carbocycles. The molecule has 0 aliphatic carbocycles. The number of aryl methyl sites for hydroxylation is 3. The van der Waals surface area contributed by atoms with E-state index >= 15 is 0 Å². The Labute approximate surface area is 270 Å². The van der Waals surface area contributed by atoms with Gasteiger partial charge in [0.15, 0.2) is 4.80 Å². The molecule has 0 bridgehead atoms. The van der Waals surface area contributed by atoms with Crippen molar-refractivity contribution in [3.05, 3.63) is 142 Å². The summed E-state index contributed by atoms with van der Waals surface area (Å²) >= 11 is 7.45. The Bertz CT molecular complexity index is 2170. The number of carbonyl (C=O) groups excluding carboxylic acids is 1. The fourth-order valence-corrected chi connectivity index (χ4v) is 7.08. The summed E-state index contributed by atoms with van der Waals surface area (Å²) in [7, 11) is 1.61. The molecular formula is C36H33ClN4O3S. The van der Waals surface area contributed by atoms with Crippen molar-refractivity contribution in [2.75, 3.05) is 12.4 Å². The minimum Gasteiger partial charge on any atom is -0.497 e. The average Bonchev–Trinajstić information content (AvgIpc) is 3.47. The Hall–Kier alpha value is -4.66. The fraction of sp³-hybridized carbons (Fsp3) is 0.194. The fourth-order valence-electron chi connectivity index (χ4n) is 5.92. The number of nitrogens with one attached hydrogen (secondary N) is 1. The average molecular weight is 637 g/mol. The first kappa shape index (κ1) is 30.4. The van der Waals surface area contributed by atoms with Crippen molar-refractivity contribution in [3.8, 4) is 11.4 Å². The number of halogens is 1. The second-order valence-electron chi connectivity index (χ2n) is 11.3. The molecular weight excluding hydrogens is 604 g/mol. The van der Waals surface area contributed by atoms with Crippen LogP contribution in [-0.2, 0) is 4.79 Å². The molecule has 1 aliphatic rings. The summed E-state index contributed by atoms with van der Waals surface area (Å²) < 4.78 is 9.70. The van der Waals surface area contributed by atoms with Gasteiger partial charge in [0.25, 0.3) is 11.5 Å². The second kappa shape index (κ2) is 12.0. The number of thiazole rings is 1. The Morgan fingerprint density at radius 3 is 2.36 bits per heavy atom. The third-order valence-corrected chi connectivity index (χ3v) is 9.40. The maximum absolute atomic E-state index is 14.2. The molecule has 9 heteroatoms. The van der Waals surface area contributed by atoms with Crippen LogP contribution in [0.5, 0.6) is 5.75 Å². The van der Waals surface area contributed by atoms with Gasteiger partial charge in [-0.1, -0.05) is 52.8 Å². The Morgan fingerprint density at radius 1 is 0.978 bits per heavy atom. The monoisotopic (exact) mass is 636 g/mol. The molecule has 7 nitrogen and oxygen atoms in total. The number of ether oxygens (including phenoxy) is 1. The van der Waals surface area contributed by atoms with Crippen LogP contribution in [0.4, 0.5) is 5.69 Å². The van der Waals surface area contributed by atoms with Crippen LogP contribution >= 0.6 is 22.9 Å². The number of hydrogen-bond donors (Lipinski definition) is 1. The standard InChI is InChI=1S/C36H33ClN4O3S/c1-20-7-16-30(21(2)17-20)39-34(42)32-23(4)38-36-41(33(32)25-8-14-29(44-6)15-9-25)35(43)31(45-36)19-26-18-22(3)40(24(26)5)28-12-10-27(37)11-13-28/h7-19,33H,1-6H3,(H,39,42)/b31-19-/t33-/m1/s1. The van der Waals surface area contributed by atoms with Gasteiger partial charge in [0.2, 0.25) is 0 Å². The summed E-state index contributed by atoms with van der Waals surface area (Å²) in [6, 6.07) is 22.4. The van der Waals surface area contributed by atoms with E-state index in [9.17, 15) is 9.59 Å². The maximum Gasteiger partial charge on any atom is 0.271 e. The molecule has 6 rings (SSSR count). The van der Waals surface area contributed by atoms with Crippen LogP contribution in [0.1, 0.15) is 46.6 Å². The number of hydrogen-bond acceptors (Lipinski definition) is 5. The maximum atomic E-state index is 14.2. The number of methoxy groups -OCH3 is 1. The molecule has 0 spiro atoms. The summed E-state index contributed by atoms with van der Waals surface area (Å²) in [5.41, 5.74) is 8.28. The van der Waals surface area contributed by atoms with E-state index in [2.05, 4.69) is 16.0 Å². The summed E-state index contributed by atoms with van der Waals surface area (Å²) in [4.78, 5) is 33.6. The molecule has 3 heterocycles. The summed E-state index contributed by atoms with van der Waals surface area (Å²) in [6.07, 6.45) is 1.92. The number of amides is 1. The smallest absolute Gasteiger partial charge is 0.271 e. The minimum atomic E-state index is -0.679. The van der Waals surface area contributed by atoms with Crippen molar-refractivity contribution < 1.29 is 9.53 Å². The predicted octanol–water partition coefficient (Wildman–Crippen LogP) is 6.56. The van der Waals surface area contributed by atoms with Crippen LogP contribution in [0.25, 0.3) is 11.8 Å². The molecule has 1 aliphatic heterocycles. The highest BCUT2D eigenvalue weighted by molar-refractivity contribution is 7.07. The topological polar surface area (TPSA) is 77.6 Å². The van der Waals surface area contributed by atoms with Crippen molar-refractivity contribution in [2.45, 2.75) is 40.7 Å². The molecule has 1 amide bonds. The summed E-state index contributed by atoms with van der Waals surface area (Å²) in [5, 5.41) is 3.75. The van der Waals surface area contributed by atoms with Crippen LogP contribution in [0.2, 0.25) is 5.02 Å². The first-order valence-electron chi connectivity index (χ1n) is 14.6. The van der Waals surface area contributed by atoms with Crippen LogP contribution < -0.4 is 24.9 Å². The van der Waals surface area contributed by atoms with Gasteiger partial charge in [0.05, 0.1) is 29.0 Å². The van der Waals surface area contributed by atoms with Crippen molar-refractivity contribution in [1.82, 2.24) is 9.13 Å². The normalized spacial score (nSPS) is 14.7. The first-order valence-corrected chi connectivity index (χ1v) is 15.7. The van der Waals surface area contributed by atoms with Crippen molar-refractivity contribution >= 4 is 40.6 Å². The number of aromatic nitrogens is 2. The van der Waals surface area contributed by atoms with E-state index in [-0.39, 0.29) is 11.5 Å². The van der Waals surface area contributed by atoms with E-state index < -0.39 is 6.04 Å². The number of benzene rings is 3.